The average Bonchev–Trinajstić information content (AvgIpc) is 2.29. The zero-order chi connectivity index (χ0) is 11.8. The van der Waals surface area contributed by atoms with Crippen LogP contribution in [0.3, 0.4) is 0 Å². The van der Waals surface area contributed by atoms with Crippen molar-refractivity contribution in [2.45, 2.75) is 26.2 Å². The molecule has 0 radical (unpaired) electrons. The molecule has 0 aliphatic heterocycles. The first kappa shape index (κ1) is 12.8. The minimum atomic E-state index is 0.734. The summed E-state index contributed by atoms with van der Waals surface area (Å²) in [6.45, 7) is 5.71. The van der Waals surface area contributed by atoms with Gasteiger partial charge in [-0.05, 0) is 50.5 Å². The van der Waals surface area contributed by atoms with Gasteiger partial charge in [0.25, 0.3) is 0 Å². The normalized spacial score (nSPS) is 11.2. The molecular formula is C13H17ClN2. The first-order valence-corrected chi connectivity index (χ1v) is 5.76. The molecule has 0 spiro atoms. The maximum atomic E-state index is 5.79. The largest absolute Gasteiger partial charge is 0.279 e. The van der Waals surface area contributed by atoms with E-state index in [-0.39, 0.29) is 0 Å². The number of hydrazone groups is 1. The number of anilines is 1. The van der Waals surface area contributed by atoms with Crippen molar-refractivity contribution in [2.24, 2.45) is 5.10 Å². The molecule has 0 amide bonds. The van der Waals surface area contributed by atoms with Crippen LogP contribution in [-0.4, -0.2) is 5.71 Å². The Labute approximate surface area is 102 Å². The van der Waals surface area contributed by atoms with Crippen LogP contribution in [0.5, 0.6) is 0 Å². The SMILES string of the molecule is C=CCCC/C(C)=N\Nc1ccc(Cl)cc1. The minimum absolute atomic E-state index is 0.734. The van der Waals surface area contributed by atoms with E-state index in [4.69, 9.17) is 11.6 Å². The molecular weight excluding hydrogens is 220 g/mol. The quantitative estimate of drug-likeness (QED) is 0.335. The summed E-state index contributed by atoms with van der Waals surface area (Å²) in [5.74, 6) is 0. The molecule has 1 aromatic carbocycles. The Morgan fingerprint density at radius 1 is 1.44 bits per heavy atom. The van der Waals surface area contributed by atoms with Crippen LogP contribution in [-0.2, 0) is 0 Å². The molecule has 86 valence electrons. The fourth-order valence-electron chi connectivity index (χ4n) is 1.24. The molecule has 0 saturated carbocycles. The van der Waals surface area contributed by atoms with Crippen molar-refractivity contribution in [3.05, 3.63) is 41.9 Å². The summed E-state index contributed by atoms with van der Waals surface area (Å²) in [7, 11) is 0. The Bertz CT molecular complexity index is 355. The molecule has 0 aliphatic carbocycles. The van der Waals surface area contributed by atoms with E-state index < -0.39 is 0 Å². The van der Waals surface area contributed by atoms with Gasteiger partial charge in [-0.2, -0.15) is 5.10 Å². The van der Waals surface area contributed by atoms with Crippen molar-refractivity contribution in [1.82, 2.24) is 0 Å². The topological polar surface area (TPSA) is 24.4 Å². The lowest BCUT2D eigenvalue weighted by Gasteiger charge is -2.02. The summed E-state index contributed by atoms with van der Waals surface area (Å²) in [6.07, 6.45) is 5.06. The number of rotatable bonds is 6. The van der Waals surface area contributed by atoms with Gasteiger partial charge < -0.3 is 0 Å². The highest BCUT2D eigenvalue weighted by Crippen LogP contribution is 2.13. The highest BCUT2D eigenvalue weighted by molar-refractivity contribution is 6.30. The van der Waals surface area contributed by atoms with Crippen LogP contribution >= 0.6 is 11.6 Å². The number of nitrogens with zero attached hydrogens (tertiary/aromatic N) is 1. The van der Waals surface area contributed by atoms with E-state index in [1.54, 1.807) is 0 Å². The lowest BCUT2D eigenvalue weighted by molar-refractivity contribution is 0.890. The van der Waals surface area contributed by atoms with E-state index in [0.717, 1.165) is 35.7 Å². The van der Waals surface area contributed by atoms with E-state index in [9.17, 15) is 0 Å². The van der Waals surface area contributed by atoms with Crippen LogP contribution in [0, 0.1) is 0 Å². The molecule has 1 rings (SSSR count). The Morgan fingerprint density at radius 3 is 2.75 bits per heavy atom. The molecule has 1 N–H and O–H groups in total. The van der Waals surface area contributed by atoms with Crippen molar-refractivity contribution >= 4 is 23.0 Å². The molecule has 0 aliphatic rings. The average molecular weight is 237 g/mol. The van der Waals surface area contributed by atoms with Crippen molar-refractivity contribution in [3.63, 3.8) is 0 Å². The van der Waals surface area contributed by atoms with Gasteiger partial charge in [0, 0.05) is 10.7 Å². The van der Waals surface area contributed by atoms with Gasteiger partial charge in [-0.3, -0.25) is 5.43 Å². The van der Waals surface area contributed by atoms with Crippen LogP contribution in [0.2, 0.25) is 5.02 Å². The van der Waals surface area contributed by atoms with Gasteiger partial charge in [0.05, 0.1) is 5.69 Å². The number of unbranched alkanes of at least 4 members (excludes halogenated alkanes) is 1. The fraction of sp³-hybridized carbons (Fsp3) is 0.308. The first-order valence-electron chi connectivity index (χ1n) is 5.38. The van der Waals surface area contributed by atoms with Gasteiger partial charge in [-0.25, -0.2) is 0 Å². The van der Waals surface area contributed by atoms with Crippen molar-refractivity contribution in [2.75, 3.05) is 5.43 Å². The predicted octanol–water partition coefficient (Wildman–Crippen LogP) is 4.48. The van der Waals surface area contributed by atoms with Crippen LogP contribution in [0.4, 0.5) is 5.69 Å². The van der Waals surface area contributed by atoms with Gasteiger partial charge in [0.2, 0.25) is 0 Å². The summed E-state index contributed by atoms with van der Waals surface area (Å²) in [4.78, 5) is 0. The molecule has 0 atom stereocenters. The molecule has 0 fully saturated rings. The number of nitrogens with one attached hydrogen (secondary N) is 1. The summed E-state index contributed by atoms with van der Waals surface area (Å²) in [5, 5.41) is 5.02. The van der Waals surface area contributed by atoms with Crippen LogP contribution in [0.25, 0.3) is 0 Å². The summed E-state index contributed by atoms with van der Waals surface area (Å²) in [5.41, 5.74) is 5.05. The van der Waals surface area contributed by atoms with Gasteiger partial charge >= 0.3 is 0 Å². The van der Waals surface area contributed by atoms with Gasteiger partial charge in [0.1, 0.15) is 0 Å². The third-order valence-electron chi connectivity index (χ3n) is 2.17. The maximum absolute atomic E-state index is 5.79. The summed E-state index contributed by atoms with van der Waals surface area (Å²) in [6, 6.07) is 7.49. The number of allylic oxidation sites excluding steroid dienone is 1. The van der Waals surface area contributed by atoms with Crippen LogP contribution in [0.15, 0.2) is 42.0 Å². The van der Waals surface area contributed by atoms with E-state index in [2.05, 4.69) is 17.1 Å². The lowest BCUT2D eigenvalue weighted by Crippen LogP contribution is -1.97. The third-order valence-corrected chi connectivity index (χ3v) is 2.42. The smallest absolute Gasteiger partial charge is 0.0562 e. The third kappa shape index (κ3) is 4.99. The highest BCUT2D eigenvalue weighted by atomic mass is 35.5. The van der Waals surface area contributed by atoms with E-state index in [1.807, 2.05) is 37.3 Å². The Balaban J connectivity index is 2.39. The Hall–Kier alpha value is -1.28. The zero-order valence-electron chi connectivity index (χ0n) is 9.54. The standard InChI is InChI=1S/C13H17ClN2/c1-3-4-5-6-11(2)15-16-13-9-7-12(14)8-10-13/h3,7-10,16H,1,4-6H2,2H3/b15-11-. The molecule has 2 nitrogen and oxygen atoms in total. The molecule has 16 heavy (non-hydrogen) atoms. The molecule has 0 heterocycles. The van der Waals surface area contributed by atoms with Crippen LogP contribution in [0.1, 0.15) is 26.2 Å². The first-order chi connectivity index (χ1) is 7.72. The lowest BCUT2D eigenvalue weighted by atomic mass is 10.2. The number of hydrogen-bond acceptors (Lipinski definition) is 2. The van der Waals surface area contributed by atoms with Crippen LogP contribution < -0.4 is 5.43 Å². The van der Waals surface area contributed by atoms with E-state index in [0.29, 0.717) is 0 Å². The Morgan fingerprint density at radius 2 is 2.12 bits per heavy atom. The van der Waals surface area contributed by atoms with E-state index >= 15 is 0 Å². The van der Waals surface area contributed by atoms with Gasteiger partial charge in [0.15, 0.2) is 0 Å². The number of halogens is 1. The maximum Gasteiger partial charge on any atom is 0.0562 e. The molecule has 3 heteroatoms. The Kier molecular flexibility index (Phi) is 5.65. The molecule has 0 bridgehead atoms. The molecule has 0 aromatic heterocycles. The molecule has 1 aromatic rings. The van der Waals surface area contributed by atoms with Gasteiger partial charge in [-0.1, -0.05) is 17.7 Å². The minimum Gasteiger partial charge on any atom is -0.279 e. The fourth-order valence-corrected chi connectivity index (χ4v) is 1.37. The monoisotopic (exact) mass is 236 g/mol. The second-order valence-corrected chi connectivity index (χ2v) is 4.08. The zero-order valence-corrected chi connectivity index (χ0v) is 10.3. The second kappa shape index (κ2) is 7.07. The summed E-state index contributed by atoms with van der Waals surface area (Å²) < 4.78 is 0. The van der Waals surface area contributed by atoms with Crippen molar-refractivity contribution in [3.8, 4) is 0 Å². The van der Waals surface area contributed by atoms with E-state index in [1.165, 1.54) is 0 Å². The van der Waals surface area contributed by atoms with Crippen molar-refractivity contribution < 1.29 is 0 Å². The molecule has 0 unspecified atom stereocenters. The van der Waals surface area contributed by atoms with Crippen molar-refractivity contribution in [1.29, 1.82) is 0 Å². The highest BCUT2D eigenvalue weighted by Gasteiger charge is 1.93. The molecule has 0 saturated heterocycles. The summed E-state index contributed by atoms with van der Waals surface area (Å²) >= 11 is 5.79. The number of benzene rings is 1. The second-order valence-electron chi connectivity index (χ2n) is 3.65. The van der Waals surface area contributed by atoms with Gasteiger partial charge in [-0.15, -0.1) is 6.58 Å². The number of hydrogen-bond donors (Lipinski definition) is 1. The predicted molar refractivity (Wildman–Crippen MR) is 72.2 cm³/mol.